The molecular formula is C30H28N8O2. The van der Waals surface area contributed by atoms with Gasteiger partial charge < -0.3 is 4.57 Å². The molecule has 3 aromatic carbocycles. The molecule has 40 heavy (non-hydrogen) atoms. The number of aromatic amines is 2. The highest BCUT2D eigenvalue weighted by atomic mass is 16.2. The second kappa shape index (κ2) is 10.6. The second-order valence-corrected chi connectivity index (χ2v) is 10.0. The Labute approximate surface area is 229 Å². The number of aromatic nitrogens is 8. The van der Waals surface area contributed by atoms with Gasteiger partial charge >= 0.3 is 5.69 Å². The number of hydrogen-bond donors (Lipinski definition) is 2. The van der Waals surface area contributed by atoms with Gasteiger partial charge in [-0.25, -0.2) is 9.78 Å². The molecule has 200 valence electrons. The fraction of sp³-hybridized carbons (Fsp3) is 0.200. The van der Waals surface area contributed by atoms with Crippen LogP contribution in [0.25, 0.3) is 33.7 Å². The molecule has 0 saturated heterocycles. The number of imidazole rings is 1. The van der Waals surface area contributed by atoms with Crippen molar-refractivity contribution in [1.29, 1.82) is 0 Å². The maximum atomic E-state index is 13.1. The van der Waals surface area contributed by atoms with Gasteiger partial charge in [0.25, 0.3) is 5.56 Å². The molecule has 0 spiro atoms. The van der Waals surface area contributed by atoms with Crippen molar-refractivity contribution in [1.82, 2.24) is 39.7 Å². The van der Waals surface area contributed by atoms with E-state index in [1.165, 1.54) is 0 Å². The van der Waals surface area contributed by atoms with Crippen LogP contribution >= 0.6 is 0 Å². The summed E-state index contributed by atoms with van der Waals surface area (Å²) in [6, 6.07) is 26.0. The van der Waals surface area contributed by atoms with Gasteiger partial charge in [0.2, 0.25) is 5.82 Å². The van der Waals surface area contributed by atoms with Gasteiger partial charge in [-0.15, -0.1) is 10.2 Å². The Morgan fingerprint density at radius 1 is 0.825 bits per heavy atom. The summed E-state index contributed by atoms with van der Waals surface area (Å²) >= 11 is 0. The summed E-state index contributed by atoms with van der Waals surface area (Å²) in [5, 5.41) is 14.5. The van der Waals surface area contributed by atoms with Crippen LogP contribution in [0.2, 0.25) is 0 Å². The van der Waals surface area contributed by atoms with Crippen molar-refractivity contribution in [3.05, 3.63) is 117 Å². The monoisotopic (exact) mass is 532 g/mol. The Balaban J connectivity index is 1.36. The van der Waals surface area contributed by atoms with Crippen molar-refractivity contribution in [2.24, 2.45) is 0 Å². The molecule has 0 bridgehead atoms. The number of fused-ring (bicyclic) bond motifs is 1. The third-order valence-corrected chi connectivity index (χ3v) is 7.02. The fourth-order valence-electron chi connectivity index (χ4n) is 5.06. The van der Waals surface area contributed by atoms with Crippen molar-refractivity contribution in [2.45, 2.75) is 39.3 Å². The number of rotatable bonds is 8. The maximum Gasteiger partial charge on any atom is 0.330 e. The van der Waals surface area contributed by atoms with E-state index in [0.717, 1.165) is 33.6 Å². The minimum absolute atomic E-state index is 0.0468. The largest absolute Gasteiger partial charge is 0.330 e. The number of hydrogen-bond acceptors (Lipinski definition) is 6. The van der Waals surface area contributed by atoms with Gasteiger partial charge in [0.05, 0.1) is 0 Å². The molecule has 0 aliphatic carbocycles. The number of nitrogens with one attached hydrogen (secondary N) is 2. The summed E-state index contributed by atoms with van der Waals surface area (Å²) in [5.74, 6) is 1.33. The zero-order valence-electron chi connectivity index (χ0n) is 22.2. The lowest BCUT2D eigenvalue weighted by Gasteiger charge is -2.12. The molecule has 2 N–H and O–H groups in total. The smallest absolute Gasteiger partial charge is 0.317 e. The van der Waals surface area contributed by atoms with E-state index in [1.54, 1.807) is 4.57 Å². The molecule has 10 nitrogen and oxygen atoms in total. The number of aryl methyl sites for hydroxylation is 2. The van der Waals surface area contributed by atoms with Crippen LogP contribution in [-0.4, -0.2) is 39.7 Å². The van der Waals surface area contributed by atoms with E-state index in [9.17, 15) is 9.59 Å². The Bertz CT molecular complexity index is 1880. The van der Waals surface area contributed by atoms with Crippen LogP contribution in [0.3, 0.4) is 0 Å². The van der Waals surface area contributed by atoms with Crippen LogP contribution in [0.1, 0.15) is 36.7 Å². The summed E-state index contributed by atoms with van der Waals surface area (Å²) in [6.45, 7) is 4.93. The van der Waals surface area contributed by atoms with Gasteiger partial charge in [0, 0.05) is 24.6 Å². The first kappa shape index (κ1) is 25.2. The Morgan fingerprint density at radius 3 is 2.25 bits per heavy atom. The van der Waals surface area contributed by atoms with Gasteiger partial charge in [-0.05, 0) is 33.9 Å². The molecule has 0 atom stereocenters. The molecule has 6 aromatic rings. The Kier molecular flexibility index (Phi) is 6.65. The lowest BCUT2D eigenvalue weighted by Crippen LogP contribution is -2.31. The van der Waals surface area contributed by atoms with E-state index < -0.39 is 11.2 Å². The first-order valence-electron chi connectivity index (χ1n) is 13.2. The second-order valence-electron chi connectivity index (χ2n) is 10.0. The molecule has 0 unspecified atom stereocenters. The van der Waals surface area contributed by atoms with Gasteiger partial charge in [0.1, 0.15) is 5.82 Å². The molecule has 10 heteroatoms. The highest BCUT2D eigenvalue weighted by Gasteiger charge is 2.21. The summed E-state index contributed by atoms with van der Waals surface area (Å²) < 4.78 is 3.50. The van der Waals surface area contributed by atoms with E-state index in [4.69, 9.17) is 4.98 Å². The standard InChI is InChI=1S/C30H28N8O2/c1-19(2)27-31-28-25(29(39)32-30(40)37(28)17-16-20-8-4-3-5-9-20)38(27)18-21-12-14-22(15-13-21)23-10-6-7-11-24(23)26-33-35-36-34-26/h3-15,19H,16-18H2,1-2H3,(H,32,39,40)(H,33,34,35,36). The number of benzene rings is 3. The fourth-order valence-corrected chi connectivity index (χ4v) is 5.06. The Hall–Kier alpha value is -5.12. The predicted molar refractivity (Wildman–Crippen MR) is 153 cm³/mol. The molecular weight excluding hydrogens is 504 g/mol. The summed E-state index contributed by atoms with van der Waals surface area (Å²) in [4.78, 5) is 33.3. The third kappa shape index (κ3) is 4.75. The molecule has 3 aromatic heterocycles. The van der Waals surface area contributed by atoms with Crippen LogP contribution in [-0.2, 0) is 19.5 Å². The highest BCUT2D eigenvalue weighted by Crippen LogP contribution is 2.30. The Morgan fingerprint density at radius 2 is 1.55 bits per heavy atom. The van der Waals surface area contributed by atoms with E-state index >= 15 is 0 Å². The van der Waals surface area contributed by atoms with Crippen molar-refractivity contribution in [2.75, 3.05) is 0 Å². The van der Waals surface area contributed by atoms with Gasteiger partial charge in [-0.1, -0.05) is 92.7 Å². The normalized spacial score (nSPS) is 11.5. The topological polar surface area (TPSA) is 127 Å². The first-order chi connectivity index (χ1) is 19.5. The predicted octanol–water partition coefficient (Wildman–Crippen LogP) is 4.15. The third-order valence-electron chi connectivity index (χ3n) is 7.02. The van der Waals surface area contributed by atoms with E-state index in [1.807, 2.05) is 97.3 Å². The van der Waals surface area contributed by atoms with Crippen LogP contribution < -0.4 is 11.2 Å². The summed E-state index contributed by atoms with van der Waals surface area (Å²) in [7, 11) is 0. The van der Waals surface area contributed by atoms with Crippen molar-refractivity contribution in [3.63, 3.8) is 0 Å². The molecule has 3 heterocycles. The average Bonchev–Trinajstić information content (AvgIpc) is 3.63. The van der Waals surface area contributed by atoms with Crippen LogP contribution in [0.4, 0.5) is 0 Å². The minimum Gasteiger partial charge on any atom is -0.317 e. The molecule has 0 amide bonds. The van der Waals surface area contributed by atoms with E-state index in [2.05, 4.69) is 25.6 Å². The SMILES string of the molecule is CC(C)c1nc2c(c(=O)[nH]c(=O)n2CCc2ccccc2)n1Cc1ccc(-c2ccccc2-c2nn[nH]n2)cc1. The molecule has 0 aliphatic rings. The maximum absolute atomic E-state index is 13.1. The van der Waals surface area contributed by atoms with E-state index in [-0.39, 0.29) is 5.92 Å². The number of H-pyrrole nitrogens is 2. The van der Waals surface area contributed by atoms with Gasteiger partial charge in [0.15, 0.2) is 11.2 Å². The number of tetrazole rings is 1. The molecule has 0 saturated carbocycles. The molecule has 6 rings (SSSR count). The molecule has 0 aliphatic heterocycles. The zero-order chi connectivity index (χ0) is 27.6. The van der Waals surface area contributed by atoms with Gasteiger partial charge in [-0.3, -0.25) is 14.3 Å². The summed E-state index contributed by atoms with van der Waals surface area (Å²) in [5.41, 5.74) is 4.94. The van der Waals surface area contributed by atoms with Crippen LogP contribution in [0, 0.1) is 0 Å². The van der Waals surface area contributed by atoms with E-state index in [0.29, 0.717) is 36.5 Å². The van der Waals surface area contributed by atoms with Crippen LogP contribution in [0.5, 0.6) is 0 Å². The van der Waals surface area contributed by atoms with Crippen LogP contribution in [0.15, 0.2) is 88.5 Å². The zero-order valence-corrected chi connectivity index (χ0v) is 22.2. The lowest BCUT2D eigenvalue weighted by molar-refractivity contribution is 0.665. The average molecular weight is 533 g/mol. The first-order valence-corrected chi connectivity index (χ1v) is 13.2. The minimum atomic E-state index is -0.446. The van der Waals surface area contributed by atoms with Crippen molar-refractivity contribution in [3.8, 4) is 22.5 Å². The quantitative estimate of drug-likeness (QED) is 0.303. The van der Waals surface area contributed by atoms with Crippen molar-refractivity contribution >= 4 is 11.2 Å². The number of nitrogens with zero attached hydrogens (tertiary/aromatic N) is 6. The van der Waals surface area contributed by atoms with Gasteiger partial charge in [-0.2, -0.15) is 5.21 Å². The lowest BCUT2D eigenvalue weighted by atomic mass is 9.98. The molecule has 0 fully saturated rings. The molecule has 0 radical (unpaired) electrons. The van der Waals surface area contributed by atoms with Crippen molar-refractivity contribution < 1.29 is 0 Å². The highest BCUT2D eigenvalue weighted by molar-refractivity contribution is 5.80. The summed E-state index contributed by atoms with van der Waals surface area (Å²) in [6.07, 6.45) is 0.651.